The minimum Gasteiger partial charge on any atom is -0.494 e. The summed E-state index contributed by atoms with van der Waals surface area (Å²) >= 11 is 0. The van der Waals surface area contributed by atoms with E-state index in [4.69, 9.17) is 15.2 Å². The Morgan fingerprint density at radius 2 is 1.69 bits per heavy atom. The van der Waals surface area contributed by atoms with Crippen molar-refractivity contribution in [3.63, 3.8) is 0 Å². The second kappa shape index (κ2) is 7.12. The summed E-state index contributed by atoms with van der Waals surface area (Å²) in [6, 6.07) is 7.95. The van der Waals surface area contributed by atoms with E-state index in [0.29, 0.717) is 6.61 Å². The third kappa shape index (κ3) is 5.03. The molecule has 0 aromatic heterocycles. The van der Waals surface area contributed by atoms with E-state index < -0.39 is 0 Å². The summed E-state index contributed by atoms with van der Waals surface area (Å²) < 4.78 is 10.9. The molecule has 0 saturated heterocycles. The van der Waals surface area contributed by atoms with Gasteiger partial charge in [-0.25, -0.2) is 0 Å². The number of rotatable bonds is 7. The number of hydrogen-bond acceptors (Lipinski definition) is 3. The lowest BCUT2D eigenvalue weighted by Gasteiger charge is -2.08. The Labute approximate surface area is 97.6 Å². The fourth-order valence-electron chi connectivity index (χ4n) is 1.39. The number of benzene rings is 1. The van der Waals surface area contributed by atoms with Crippen molar-refractivity contribution in [1.29, 1.82) is 0 Å². The molecule has 0 heterocycles. The van der Waals surface area contributed by atoms with Crippen LogP contribution in [0.15, 0.2) is 24.3 Å². The van der Waals surface area contributed by atoms with Gasteiger partial charge in [0.15, 0.2) is 0 Å². The van der Waals surface area contributed by atoms with E-state index >= 15 is 0 Å². The van der Waals surface area contributed by atoms with Crippen LogP contribution in [0.1, 0.15) is 26.7 Å². The van der Waals surface area contributed by atoms with E-state index in [1.54, 1.807) is 0 Å². The van der Waals surface area contributed by atoms with Crippen LogP contribution in [-0.2, 0) is 0 Å². The predicted molar refractivity (Wildman–Crippen MR) is 66.0 cm³/mol. The molecule has 0 amide bonds. The van der Waals surface area contributed by atoms with Crippen LogP contribution in [0.2, 0.25) is 0 Å². The molecule has 1 atom stereocenters. The van der Waals surface area contributed by atoms with Gasteiger partial charge in [-0.05, 0) is 51.0 Å². The molecule has 90 valence electrons. The van der Waals surface area contributed by atoms with Crippen molar-refractivity contribution in [1.82, 2.24) is 0 Å². The molecule has 3 nitrogen and oxygen atoms in total. The molecule has 0 radical (unpaired) electrons. The zero-order chi connectivity index (χ0) is 11.8. The third-order valence-corrected chi connectivity index (χ3v) is 2.21. The van der Waals surface area contributed by atoms with Crippen molar-refractivity contribution in [2.24, 2.45) is 5.73 Å². The van der Waals surface area contributed by atoms with Crippen molar-refractivity contribution >= 4 is 0 Å². The van der Waals surface area contributed by atoms with E-state index in [1.807, 2.05) is 38.1 Å². The van der Waals surface area contributed by atoms with Crippen molar-refractivity contribution in [2.75, 3.05) is 13.2 Å². The van der Waals surface area contributed by atoms with Crippen LogP contribution in [0.25, 0.3) is 0 Å². The molecule has 0 aliphatic heterocycles. The summed E-state index contributed by atoms with van der Waals surface area (Å²) in [6.07, 6.45) is 1.99. The van der Waals surface area contributed by atoms with Gasteiger partial charge in [0.2, 0.25) is 0 Å². The lowest BCUT2D eigenvalue weighted by atomic mass is 10.2. The van der Waals surface area contributed by atoms with E-state index in [9.17, 15) is 0 Å². The monoisotopic (exact) mass is 223 g/mol. The molecule has 0 saturated carbocycles. The summed E-state index contributed by atoms with van der Waals surface area (Å²) in [6.45, 7) is 5.39. The Morgan fingerprint density at radius 3 is 2.19 bits per heavy atom. The molecule has 0 aliphatic rings. The van der Waals surface area contributed by atoms with Crippen LogP contribution in [0.5, 0.6) is 11.5 Å². The molecule has 0 bridgehead atoms. The molecule has 1 aromatic rings. The Morgan fingerprint density at radius 1 is 1.12 bits per heavy atom. The third-order valence-electron chi connectivity index (χ3n) is 2.21. The molecule has 1 unspecified atom stereocenters. The maximum atomic E-state index is 5.65. The van der Waals surface area contributed by atoms with Crippen LogP contribution in [0, 0.1) is 0 Å². The van der Waals surface area contributed by atoms with Gasteiger partial charge in [0.25, 0.3) is 0 Å². The number of ether oxygens (including phenoxy) is 2. The highest BCUT2D eigenvalue weighted by atomic mass is 16.5. The second-order valence-corrected chi connectivity index (χ2v) is 3.87. The largest absolute Gasteiger partial charge is 0.494 e. The van der Waals surface area contributed by atoms with Crippen molar-refractivity contribution < 1.29 is 9.47 Å². The van der Waals surface area contributed by atoms with Crippen LogP contribution >= 0.6 is 0 Å². The first-order chi connectivity index (χ1) is 7.72. The lowest BCUT2D eigenvalue weighted by Crippen LogP contribution is -2.15. The number of hydrogen-bond donors (Lipinski definition) is 1. The lowest BCUT2D eigenvalue weighted by molar-refractivity contribution is 0.301. The fourth-order valence-corrected chi connectivity index (χ4v) is 1.39. The fraction of sp³-hybridized carbons (Fsp3) is 0.538. The molecule has 3 heteroatoms. The molecule has 0 fully saturated rings. The molecule has 16 heavy (non-hydrogen) atoms. The minimum atomic E-state index is 0.254. The van der Waals surface area contributed by atoms with E-state index in [1.165, 1.54) is 0 Å². The van der Waals surface area contributed by atoms with Crippen molar-refractivity contribution in [3.05, 3.63) is 24.3 Å². The normalized spacial score (nSPS) is 12.2. The maximum absolute atomic E-state index is 5.65. The first-order valence-corrected chi connectivity index (χ1v) is 5.83. The summed E-state index contributed by atoms with van der Waals surface area (Å²) in [4.78, 5) is 0. The Balaban J connectivity index is 2.26. The second-order valence-electron chi connectivity index (χ2n) is 3.87. The molecule has 2 N–H and O–H groups in total. The number of nitrogens with two attached hydrogens (primary N) is 1. The Kier molecular flexibility index (Phi) is 5.72. The summed E-state index contributed by atoms with van der Waals surface area (Å²) in [7, 11) is 0. The highest BCUT2D eigenvalue weighted by Crippen LogP contribution is 2.17. The van der Waals surface area contributed by atoms with Crippen LogP contribution in [0.4, 0.5) is 0 Å². The van der Waals surface area contributed by atoms with Gasteiger partial charge in [0, 0.05) is 6.04 Å². The van der Waals surface area contributed by atoms with Gasteiger partial charge in [-0.1, -0.05) is 0 Å². The highest BCUT2D eigenvalue weighted by molar-refractivity contribution is 5.31. The zero-order valence-electron chi connectivity index (χ0n) is 10.1. The summed E-state index contributed by atoms with van der Waals surface area (Å²) in [5.74, 6) is 1.76. The van der Waals surface area contributed by atoms with E-state index in [2.05, 4.69) is 0 Å². The van der Waals surface area contributed by atoms with Crippen LogP contribution in [-0.4, -0.2) is 19.3 Å². The predicted octanol–water partition coefficient (Wildman–Crippen LogP) is 2.59. The molecule has 0 spiro atoms. The maximum Gasteiger partial charge on any atom is 0.119 e. The minimum absolute atomic E-state index is 0.254. The topological polar surface area (TPSA) is 44.5 Å². The van der Waals surface area contributed by atoms with Crippen molar-refractivity contribution in [2.45, 2.75) is 32.7 Å². The van der Waals surface area contributed by atoms with Gasteiger partial charge in [-0.3, -0.25) is 0 Å². The molecular weight excluding hydrogens is 202 g/mol. The van der Waals surface area contributed by atoms with E-state index in [0.717, 1.165) is 30.9 Å². The quantitative estimate of drug-likeness (QED) is 0.723. The van der Waals surface area contributed by atoms with Gasteiger partial charge < -0.3 is 15.2 Å². The summed E-state index contributed by atoms with van der Waals surface area (Å²) in [5, 5.41) is 0. The molecular formula is C13H21NO2. The van der Waals surface area contributed by atoms with Gasteiger partial charge in [0.05, 0.1) is 13.2 Å². The average molecular weight is 223 g/mol. The molecule has 1 rings (SSSR count). The SMILES string of the molecule is CCOc1ccc(OCCCC(C)N)cc1. The standard InChI is InChI=1S/C13H21NO2/c1-3-15-12-6-8-13(9-7-12)16-10-4-5-11(2)14/h6-9,11H,3-5,10,14H2,1-2H3. The highest BCUT2D eigenvalue weighted by Gasteiger charge is 1.97. The zero-order valence-corrected chi connectivity index (χ0v) is 10.1. The Bertz CT molecular complexity index is 282. The smallest absolute Gasteiger partial charge is 0.119 e. The van der Waals surface area contributed by atoms with Gasteiger partial charge in [-0.15, -0.1) is 0 Å². The molecule has 0 aliphatic carbocycles. The van der Waals surface area contributed by atoms with Crippen molar-refractivity contribution in [3.8, 4) is 11.5 Å². The van der Waals surface area contributed by atoms with Gasteiger partial charge in [0.1, 0.15) is 11.5 Å². The summed E-state index contributed by atoms with van der Waals surface area (Å²) in [5.41, 5.74) is 5.65. The van der Waals surface area contributed by atoms with Crippen LogP contribution in [0.3, 0.4) is 0 Å². The van der Waals surface area contributed by atoms with Gasteiger partial charge >= 0.3 is 0 Å². The Hall–Kier alpha value is -1.22. The molecule has 1 aromatic carbocycles. The van der Waals surface area contributed by atoms with E-state index in [-0.39, 0.29) is 6.04 Å². The average Bonchev–Trinajstić information content (AvgIpc) is 2.27. The van der Waals surface area contributed by atoms with Gasteiger partial charge in [-0.2, -0.15) is 0 Å². The van der Waals surface area contributed by atoms with Crippen LogP contribution < -0.4 is 15.2 Å². The first kappa shape index (κ1) is 12.8. The first-order valence-electron chi connectivity index (χ1n) is 5.83.